The van der Waals surface area contributed by atoms with Gasteiger partial charge in [0.2, 0.25) is 26.0 Å². The topological polar surface area (TPSA) is 122 Å². The van der Waals surface area contributed by atoms with Crippen LogP contribution in [0.5, 0.6) is 0 Å². The zero-order valence-electron chi connectivity index (χ0n) is 19.4. The maximum atomic E-state index is 12.9. The van der Waals surface area contributed by atoms with Gasteiger partial charge in [0.15, 0.2) is 0 Å². The predicted molar refractivity (Wildman–Crippen MR) is 125 cm³/mol. The molecule has 10 nitrogen and oxygen atoms in total. The third-order valence-electron chi connectivity index (χ3n) is 5.69. The van der Waals surface area contributed by atoms with Gasteiger partial charge in [-0.1, -0.05) is 12.8 Å². The summed E-state index contributed by atoms with van der Waals surface area (Å²) in [6.07, 6.45) is 3.79. The van der Waals surface area contributed by atoms with Crippen molar-refractivity contribution in [2.24, 2.45) is 0 Å². The molecular formula is C21H31N5O5S2. The molecule has 1 aromatic heterocycles. The molecule has 1 amide bonds. The first-order valence-electron chi connectivity index (χ1n) is 10.8. The van der Waals surface area contributed by atoms with Crippen LogP contribution in [0.25, 0.3) is 0 Å². The molecule has 0 atom stereocenters. The molecule has 2 aromatic rings. The second-order valence-electron chi connectivity index (χ2n) is 8.34. The van der Waals surface area contributed by atoms with E-state index in [9.17, 15) is 21.6 Å². The molecule has 1 saturated heterocycles. The van der Waals surface area contributed by atoms with Gasteiger partial charge in [0, 0.05) is 32.9 Å². The molecule has 2 heterocycles. The number of aryl methyl sites for hydroxylation is 1. The number of benzene rings is 1. The van der Waals surface area contributed by atoms with E-state index in [1.165, 1.54) is 35.2 Å². The Morgan fingerprint density at radius 2 is 1.58 bits per heavy atom. The van der Waals surface area contributed by atoms with Crippen molar-refractivity contribution in [3.8, 4) is 0 Å². The molecule has 1 N–H and O–H groups in total. The quantitative estimate of drug-likeness (QED) is 0.624. The van der Waals surface area contributed by atoms with Crippen LogP contribution in [0.3, 0.4) is 0 Å². The number of hydrogen-bond donors (Lipinski definition) is 1. The fourth-order valence-electron chi connectivity index (χ4n) is 3.87. The lowest BCUT2D eigenvalue weighted by Crippen LogP contribution is -2.31. The summed E-state index contributed by atoms with van der Waals surface area (Å²) in [5, 5.41) is 6.92. The van der Waals surface area contributed by atoms with E-state index in [1.807, 2.05) is 0 Å². The van der Waals surface area contributed by atoms with Crippen molar-refractivity contribution in [3.63, 3.8) is 0 Å². The highest BCUT2D eigenvalue weighted by Gasteiger charge is 2.27. The Balaban J connectivity index is 1.71. The number of amides is 1. The van der Waals surface area contributed by atoms with Gasteiger partial charge in [0.1, 0.15) is 11.4 Å². The molecule has 12 heteroatoms. The summed E-state index contributed by atoms with van der Waals surface area (Å²) in [6.45, 7) is 4.06. The van der Waals surface area contributed by atoms with Crippen molar-refractivity contribution >= 4 is 31.6 Å². The number of nitrogens with zero attached hydrogens (tertiary/aromatic N) is 4. The van der Waals surface area contributed by atoms with E-state index < -0.39 is 26.0 Å². The number of carbonyl (C=O) groups excluding carboxylic acids is 1. The van der Waals surface area contributed by atoms with Crippen LogP contribution in [0.2, 0.25) is 0 Å². The van der Waals surface area contributed by atoms with E-state index >= 15 is 0 Å². The highest BCUT2D eigenvalue weighted by molar-refractivity contribution is 7.89. The van der Waals surface area contributed by atoms with Crippen LogP contribution in [-0.2, 0) is 31.4 Å². The molecule has 0 saturated carbocycles. The first kappa shape index (κ1) is 25.3. The van der Waals surface area contributed by atoms with Gasteiger partial charge in [-0.25, -0.2) is 21.1 Å². The van der Waals surface area contributed by atoms with Crippen LogP contribution in [-0.4, -0.2) is 68.3 Å². The Morgan fingerprint density at radius 1 is 1.00 bits per heavy atom. The average molecular weight is 498 g/mol. The molecule has 33 heavy (non-hydrogen) atoms. The predicted octanol–water partition coefficient (Wildman–Crippen LogP) is 1.95. The summed E-state index contributed by atoms with van der Waals surface area (Å²) >= 11 is 0. The summed E-state index contributed by atoms with van der Waals surface area (Å²) in [7, 11) is -4.37. The van der Waals surface area contributed by atoms with Gasteiger partial charge in [0.05, 0.1) is 16.3 Å². The van der Waals surface area contributed by atoms with Gasteiger partial charge < -0.3 is 5.32 Å². The second-order valence-corrected chi connectivity index (χ2v) is 12.4. The Hall–Kier alpha value is -2.28. The van der Waals surface area contributed by atoms with Crippen molar-refractivity contribution in [3.05, 3.63) is 35.7 Å². The normalized spacial score (nSPS) is 16.0. The maximum absolute atomic E-state index is 12.9. The number of rotatable bonds is 7. The molecule has 0 spiro atoms. The first-order chi connectivity index (χ1) is 15.4. The van der Waals surface area contributed by atoms with Gasteiger partial charge in [0.25, 0.3) is 0 Å². The SMILES string of the molecule is Cc1nn(CC(=O)Nc2ccc(S(=O)(=O)N3CCCCCC3)cc2)c(C)c1S(=O)(=O)N(C)C. The molecule has 0 bridgehead atoms. The van der Waals surface area contributed by atoms with Crippen LogP contribution < -0.4 is 5.32 Å². The molecule has 182 valence electrons. The van der Waals surface area contributed by atoms with Gasteiger partial charge >= 0.3 is 0 Å². The number of anilines is 1. The molecule has 0 radical (unpaired) electrons. The number of carbonyl (C=O) groups is 1. The van der Waals surface area contributed by atoms with Gasteiger partial charge in [-0.2, -0.15) is 9.40 Å². The number of aromatic nitrogens is 2. The Kier molecular flexibility index (Phi) is 7.62. The molecule has 0 aliphatic carbocycles. The van der Waals surface area contributed by atoms with E-state index in [0.29, 0.717) is 30.2 Å². The van der Waals surface area contributed by atoms with Gasteiger partial charge in [-0.05, 0) is 51.0 Å². The smallest absolute Gasteiger partial charge is 0.246 e. The minimum absolute atomic E-state index is 0.0865. The third kappa shape index (κ3) is 5.45. The molecular weight excluding hydrogens is 466 g/mol. The Bertz CT molecular complexity index is 1210. The van der Waals surface area contributed by atoms with E-state index in [4.69, 9.17) is 0 Å². The maximum Gasteiger partial charge on any atom is 0.246 e. The highest BCUT2D eigenvalue weighted by Crippen LogP contribution is 2.23. The van der Waals surface area contributed by atoms with Gasteiger partial charge in [-0.15, -0.1) is 0 Å². The van der Waals surface area contributed by atoms with E-state index in [2.05, 4.69) is 10.4 Å². The van der Waals surface area contributed by atoms with Crippen molar-refractivity contribution in [2.75, 3.05) is 32.5 Å². The Labute approximate surface area is 195 Å². The monoisotopic (exact) mass is 497 g/mol. The number of nitrogens with one attached hydrogen (secondary N) is 1. The van der Waals surface area contributed by atoms with Crippen molar-refractivity contribution < 1.29 is 21.6 Å². The van der Waals surface area contributed by atoms with Crippen molar-refractivity contribution in [1.82, 2.24) is 18.4 Å². The number of sulfonamides is 2. The lowest BCUT2D eigenvalue weighted by molar-refractivity contribution is -0.116. The first-order valence-corrected chi connectivity index (χ1v) is 13.7. The molecule has 1 aromatic carbocycles. The largest absolute Gasteiger partial charge is 0.324 e. The third-order valence-corrected chi connectivity index (χ3v) is 9.67. The lowest BCUT2D eigenvalue weighted by Gasteiger charge is -2.20. The van der Waals surface area contributed by atoms with Crippen LogP contribution >= 0.6 is 0 Å². The van der Waals surface area contributed by atoms with Crippen molar-refractivity contribution in [1.29, 1.82) is 0 Å². The van der Waals surface area contributed by atoms with Crippen LogP contribution in [0.1, 0.15) is 37.1 Å². The second kappa shape index (κ2) is 9.92. The highest BCUT2D eigenvalue weighted by atomic mass is 32.2. The molecule has 1 aliphatic heterocycles. The standard InChI is InChI=1S/C21H31N5O5S2/c1-16-21(33(30,31)24(3)4)17(2)26(23-16)15-20(27)22-18-9-11-19(12-10-18)32(28,29)25-13-7-5-6-8-14-25/h9-12H,5-8,13-15H2,1-4H3,(H,22,27). The lowest BCUT2D eigenvalue weighted by atomic mass is 10.2. The average Bonchev–Trinajstić information content (AvgIpc) is 2.92. The summed E-state index contributed by atoms with van der Waals surface area (Å²) in [6, 6.07) is 6.07. The van der Waals surface area contributed by atoms with E-state index in [-0.39, 0.29) is 16.3 Å². The van der Waals surface area contributed by atoms with Crippen LogP contribution in [0.15, 0.2) is 34.1 Å². The number of hydrogen-bond acceptors (Lipinski definition) is 6. The fraction of sp³-hybridized carbons (Fsp3) is 0.524. The summed E-state index contributed by atoms with van der Waals surface area (Å²) < 4.78 is 54.8. The summed E-state index contributed by atoms with van der Waals surface area (Å²) in [5.74, 6) is -0.405. The summed E-state index contributed by atoms with van der Waals surface area (Å²) in [5.41, 5.74) is 1.13. The van der Waals surface area contributed by atoms with Gasteiger partial charge in [-0.3, -0.25) is 9.48 Å². The molecule has 1 fully saturated rings. The fourth-order valence-corrected chi connectivity index (χ4v) is 6.64. The zero-order valence-corrected chi connectivity index (χ0v) is 21.0. The van der Waals surface area contributed by atoms with Crippen LogP contribution in [0.4, 0.5) is 5.69 Å². The van der Waals surface area contributed by atoms with E-state index in [0.717, 1.165) is 30.0 Å². The van der Waals surface area contributed by atoms with Crippen LogP contribution in [0, 0.1) is 13.8 Å². The minimum Gasteiger partial charge on any atom is -0.324 e. The van der Waals surface area contributed by atoms with Crippen molar-refractivity contribution in [2.45, 2.75) is 55.9 Å². The Morgan fingerprint density at radius 3 is 2.12 bits per heavy atom. The molecule has 1 aliphatic rings. The van der Waals surface area contributed by atoms with E-state index in [1.54, 1.807) is 26.0 Å². The zero-order chi connectivity index (χ0) is 24.4. The molecule has 0 unspecified atom stereocenters. The summed E-state index contributed by atoms with van der Waals surface area (Å²) in [4.78, 5) is 12.8. The molecule has 3 rings (SSSR count). The minimum atomic E-state index is -3.69.